The third-order valence-electron chi connectivity index (χ3n) is 3.18. The SMILES string of the molecule is FC1=c2cc(-c3ccccc3)ccc2=CCC1. The van der Waals surface area contributed by atoms with Crippen LogP contribution in [0.5, 0.6) is 0 Å². The van der Waals surface area contributed by atoms with E-state index < -0.39 is 0 Å². The maximum absolute atomic E-state index is 13.8. The van der Waals surface area contributed by atoms with Crippen LogP contribution in [-0.2, 0) is 0 Å². The van der Waals surface area contributed by atoms with Crippen molar-refractivity contribution in [3.63, 3.8) is 0 Å². The Morgan fingerprint density at radius 3 is 2.53 bits per heavy atom. The Morgan fingerprint density at radius 2 is 1.71 bits per heavy atom. The van der Waals surface area contributed by atoms with Crippen LogP contribution in [0.15, 0.2) is 48.5 Å². The minimum atomic E-state index is 0.0141. The van der Waals surface area contributed by atoms with Crippen molar-refractivity contribution >= 4 is 11.9 Å². The molecule has 0 fully saturated rings. The molecule has 0 saturated heterocycles. The molecule has 3 rings (SSSR count). The molecule has 17 heavy (non-hydrogen) atoms. The fraction of sp³-hybridized carbons (Fsp3) is 0.125. The van der Waals surface area contributed by atoms with Crippen LogP contribution in [0.25, 0.3) is 23.0 Å². The monoisotopic (exact) mass is 224 g/mol. The van der Waals surface area contributed by atoms with Crippen LogP contribution in [0.3, 0.4) is 0 Å². The highest BCUT2D eigenvalue weighted by atomic mass is 19.1. The van der Waals surface area contributed by atoms with Gasteiger partial charge in [0.15, 0.2) is 0 Å². The van der Waals surface area contributed by atoms with Gasteiger partial charge in [-0.1, -0.05) is 48.5 Å². The van der Waals surface area contributed by atoms with E-state index in [9.17, 15) is 4.39 Å². The molecule has 0 spiro atoms. The first-order valence-electron chi connectivity index (χ1n) is 5.89. The summed E-state index contributed by atoms with van der Waals surface area (Å²) in [5.41, 5.74) is 2.21. The van der Waals surface area contributed by atoms with E-state index in [1.54, 1.807) is 0 Å². The molecule has 1 aliphatic carbocycles. The fourth-order valence-corrected chi connectivity index (χ4v) is 2.27. The van der Waals surface area contributed by atoms with Crippen LogP contribution < -0.4 is 10.4 Å². The van der Waals surface area contributed by atoms with Crippen molar-refractivity contribution in [2.75, 3.05) is 0 Å². The van der Waals surface area contributed by atoms with Gasteiger partial charge in [-0.3, -0.25) is 0 Å². The summed E-state index contributed by atoms with van der Waals surface area (Å²) >= 11 is 0. The van der Waals surface area contributed by atoms with Crippen LogP contribution in [0.2, 0.25) is 0 Å². The average molecular weight is 224 g/mol. The van der Waals surface area contributed by atoms with E-state index in [1.807, 2.05) is 42.5 Å². The van der Waals surface area contributed by atoms with E-state index in [1.165, 1.54) is 0 Å². The maximum atomic E-state index is 13.8. The molecule has 1 heteroatoms. The van der Waals surface area contributed by atoms with Crippen LogP contribution in [0.4, 0.5) is 4.39 Å². The normalized spacial score (nSPS) is 14.1. The number of halogens is 1. The largest absolute Gasteiger partial charge is 0.211 e. The van der Waals surface area contributed by atoms with E-state index in [0.29, 0.717) is 6.42 Å². The van der Waals surface area contributed by atoms with Crippen LogP contribution in [0, 0.1) is 0 Å². The van der Waals surface area contributed by atoms with Gasteiger partial charge in [0.1, 0.15) is 5.83 Å². The van der Waals surface area contributed by atoms with Crippen molar-refractivity contribution in [2.24, 2.45) is 0 Å². The van der Waals surface area contributed by atoms with Gasteiger partial charge < -0.3 is 0 Å². The second-order valence-corrected chi connectivity index (χ2v) is 4.32. The summed E-state index contributed by atoms with van der Waals surface area (Å²) < 4.78 is 13.8. The van der Waals surface area contributed by atoms with Gasteiger partial charge in [0, 0.05) is 11.6 Å². The van der Waals surface area contributed by atoms with Gasteiger partial charge in [0.05, 0.1) is 0 Å². The summed E-state index contributed by atoms with van der Waals surface area (Å²) in [5, 5.41) is 1.78. The van der Waals surface area contributed by atoms with E-state index in [-0.39, 0.29) is 5.83 Å². The molecule has 0 aromatic heterocycles. The molecule has 0 bridgehead atoms. The summed E-state index contributed by atoms with van der Waals surface area (Å²) in [6.45, 7) is 0. The van der Waals surface area contributed by atoms with Gasteiger partial charge in [-0.25, -0.2) is 4.39 Å². The van der Waals surface area contributed by atoms with Crippen molar-refractivity contribution < 1.29 is 4.39 Å². The molecule has 0 nitrogen and oxygen atoms in total. The van der Waals surface area contributed by atoms with Crippen LogP contribution >= 0.6 is 0 Å². The quantitative estimate of drug-likeness (QED) is 0.698. The Bertz CT molecular complexity index is 654. The van der Waals surface area contributed by atoms with Gasteiger partial charge >= 0.3 is 0 Å². The number of benzene rings is 2. The number of fused-ring (bicyclic) bond motifs is 1. The molecular formula is C16H13F. The van der Waals surface area contributed by atoms with Crippen molar-refractivity contribution in [1.82, 2.24) is 0 Å². The summed E-state index contributed by atoms with van der Waals surface area (Å²) in [7, 11) is 0. The van der Waals surface area contributed by atoms with E-state index >= 15 is 0 Å². The van der Waals surface area contributed by atoms with Gasteiger partial charge in [-0.2, -0.15) is 0 Å². The summed E-state index contributed by atoms with van der Waals surface area (Å²) in [6.07, 6.45) is 3.45. The zero-order valence-electron chi connectivity index (χ0n) is 9.49. The molecule has 0 heterocycles. The summed E-state index contributed by atoms with van der Waals surface area (Å²) in [4.78, 5) is 0. The molecule has 2 aromatic rings. The van der Waals surface area contributed by atoms with Gasteiger partial charge in [-0.05, 0) is 28.8 Å². The lowest BCUT2D eigenvalue weighted by Gasteiger charge is -2.06. The first-order valence-corrected chi connectivity index (χ1v) is 5.89. The Labute approximate surface area is 99.7 Å². The minimum absolute atomic E-state index is 0.0141. The first kappa shape index (κ1) is 10.3. The zero-order chi connectivity index (χ0) is 11.7. The zero-order valence-corrected chi connectivity index (χ0v) is 9.49. The van der Waals surface area contributed by atoms with E-state index in [0.717, 1.165) is 28.0 Å². The Morgan fingerprint density at radius 1 is 0.882 bits per heavy atom. The van der Waals surface area contributed by atoms with Crippen molar-refractivity contribution in [3.8, 4) is 11.1 Å². The lowest BCUT2D eigenvalue weighted by atomic mass is 10.0. The Balaban J connectivity index is 2.24. The molecule has 0 amide bonds. The van der Waals surface area contributed by atoms with E-state index in [2.05, 4.69) is 12.1 Å². The smallest absolute Gasteiger partial charge is 0.108 e. The van der Waals surface area contributed by atoms with Crippen molar-refractivity contribution in [1.29, 1.82) is 0 Å². The molecular weight excluding hydrogens is 211 g/mol. The molecule has 0 unspecified atom stereocenters. The van der Waals surface area contributed by atoms with Gasteiger partial charge in [0.25, 0.3) is 0 Å². The molecule has 1 aliphatic rings. The highest BCUT2D eigenvalue weighted by molar-refractivity contribution is 5.64. The highest BCUT2D eigenvalue weighted by Crippen LogP contribution is 2.17. The number of rotatable bonds is 1. The molecule has 0 N–H and O–H groups in total. The molecule has 2 aromatic carbocycles. The third kappa shape index (κ3) is 1.89. The predicted octanol–water partition coefficient (Wildman–Crippen LogP) is 3.01. The molecule has 0 aliphatic heterocycles. The standard InChI is InChI=1S/C16H13F/c17-16-8-4-7-13-9-10-14(11-15(13)16)12-5-2-1-3-6-12/h1-3,5-7,9-11H,4,8H2. The first-order chi connectivity index (χ1) is 8.34. The summed E-state index contributed by atoms with van der Waals surface area (Å²) in [5.74, 6) is 0.0141. The van der Waals surface area contributed by atoms with Crippen LogP contribution in [-0.4, -0.2) is 0 Å². The minimum Gasteiger partial charge on any atom is -0.211 e. The highest BCUT2D eigenvalue weighted by Gasteiger charge is 2.04. The lowest BCUT2D eigenvalue weighted by molar-refractivity contribution is 0.696. The second-order valence-electron chi connectivity index (χ2n) is 4.32. The average Bonchev–Trinajstić information content (AvgIpc) is 2.40. The molecule has 0 atom stereocenters. The Kier molecular flexibility index (Phi) is 2.52. The van der Waals surface area contributed by atoms with Gasteiger partial charge in [0.2, 0.25) is 0 Å². The maximum Gasteiger partial charge on any atom is 0.108 e. The number of hydrogen-bond donors (Lipinski definition) is 0. The van der Waals surface area contributed by atoms with E-state index in [4.69, 9.17) is 0 Å². The van der Waals surface area contributed by atoms with Crippen LogP contribution in [0.1, 0.15) is 12.8 Å². The number of hydrogen-bond acceptors (Lipinski definition) is 0. The lowest BCUT2D eigenvalue weighted by Crippen LogP contribution is -2.28. The Hall–Kier alpha value is -1.89. The second kappa shape index (κ2) is 4.17. The predicted molar refractivity (Wildman–Crippen MR) is 69.3 cm³/mol. The topological polar surface area (TPSA) is 0 Å². The molecule has 0 saturated carbocycles. The molecule has 0 radical (unpaired) electrons. The molecule has 84 valence electrons. The van der Waals surface area contributed by atoms with Gasteiger partial charge in [-0.15, -0.1) is 0 Å². The third-order valence-corrected chi connectivity index (χ3v) is 3.18. The summed E-state index contributed by atoms with van der Waals surface area (Å²) in [6, 6.07) is 16.1. The fourth-order valence-electron chi connectivity index (χ4n) is 2.27. The van der Waals surface area contributed by atoms with Crippen molar-refractivity contribution in [3.05, 3.63) is 59.0 Å². The van der Waals surface area contributed by atoms with Crippen molar-refractivity contribution in [2.45, 2.75) is 12.8 Å².